The van der Waals surface area contributed by atoms with Crippen molar-refractivity contribution in [1.82, 2.24) is 10.2 Å². The molecule has 1 atom stereocenters. The standard InChI is InChI=1S/C19H28N4O3.ClH/c1-13(2)17(20)18(25)21-12-16(24)22-15-9-5-4-8-14(15)19(26)23-10-6-3-7-11-23;/h4-5,8-9,13,17H,3,6-7,10-12,20H2,1-2H3,(H,21,25)(H,22,24);1H/t17-;/m0./s1. The van der Waals surface area contributed by atoms with Crippen molar-refractivity contribution in [2.75, 3.05) is 25.0 Å². The molecule has 1 saturated heterocycles. The number of likely N-dealkylation sites (tertiary alicyclic amines) is 1. The molecule has 7 nitrogen and oxygen atoms in total. The molecular formula is C19H29ClN4O3. The Morgan fingerprint density at radius 3 is 2.37 bits per heavy atom. The molecule has 0 spiro atoms. The van der Waals surface area contributed by atoms with Gasteiger partial charge in [0.1, 0.15) is 0 Å². The average molecular weight is 397 g/mol. The van der Waals surface area contributed by atoms with Gasteiger partial charge in [0.15, 0.2) is 0 Å². The van der Waals surface area contributed by atoms with E-state index in [1.807, 2.05) is 18.7 Å². The maximum atomic E-state index is 12.7. The molecule has 0 unspecified atom stereocenters. The Kier molecular flexibility index (Phi) is 9.25. The van der Waals surface area contributed by atoms with Gasteiger partial charge in [0.25, 0.3) is 5.91 Å². The maximum absolute atomic E-state index is 12.7. The molecule has 0 aliphatic carbocycles. The van der Waals surface area contributed by atoms with Crippen molar-refractivity contribution in [2.24, 2.45) is 11.7 Å². The number of hydrogen-bond donors (Lipinski definition) is 3. The van der Waals surface area contributed by atoms with Gasteiger partial charge in [-0.05, 0) is 37.3 Å². The van der Waals surface area contributed by atoms with E-state index >= 15 is 0 Å². The zero-order valence-electron chi connectivity index (χ0n) is 15.9. The predicted molar refractivity (Wildman–Crippen MR) is 108 cm³/mol. The summed E-state index contributed by atoms with van der Waals surface area (Å²) in [6, 6.07) is 6.28. The normalized spacial score (nSPS) is 14.9. The fourth-order valence-electron chi connectivity index (χ4n) is 2.83. The molecular weight excluding hydrogens is 368 g/mol. The van der Waals surface area contributed by atoms with Crippen LogP contribution < -0.4 is 16.4 Å². The van der Waals surface area contributed by atoms with E-state index in [1.165, 1.54) is 0 Å². The molecule has 1 aromatic rings. The Bertz CT molecular complexity index is 660. The number of nitrogens with one attached hydrogen (secondary N) is 2. The number of nitrogens with zero attached hydrogens (tertiary/aromatic N) is 1. The van der Waals surface area contributed by atoms with Crippen LogP contribution in [0.25, 0.3) is 0 Å². The first-order valence-corrected chi connectivity index (χ1v) is 9.11. The first-order valence-electron chi connectivity index (χ1n) is 9.11. The SMILES string of the molecule is CC(C)[C@H](N)C(=O)NCC(=O)Nc1ccccc1C(=O)N1CCCCC1.Cl. The summed E-state index contributed by atoms with van der Waals surface area (Å²) in [5.74, 6) is -0.853. The zero-order valence-corrected chi connectivity index (χ0v) is 16.7. The summed E-state index contributed by atoms with van der Waals surface area (Å²) >= 11 is 0. The molecule has 1 aliphatic heterocycles. The summed E-state index contributed by atoms with van der Waals surface area (Å²) in [6.45, 7) is 4.97. The molecule has 1 aromatic carbocycles. The smallest absolute Gasteiger partial charge is 0.255 e. The molecule has 1 fully saturated rings. The second-order valence-electron chi connectivity index (χ2n) is 6.93. The molecule has 27 heavy (non-hydrogen) atoms. The summed E-state index contributed by atoms with van der Waals surface area (Å²) in [4.78, 5) is 38.6. The second-order valence-corrected chi connectivity index (χ2v) is 6.93. The van der Waals surface area contributed by atoms with Crippen LogP contribution in [0.4, 0.5) is 5.69 Å². The van der Waals surface area contributed by atoms with Crippen molar-refractivity contribution in [3.05, 3.63) is 29.8 Å². The molecule has 4 N–H and O–H groups in total. The van der Waals surface area contributed by atoms with Gasteiger partial charge in [0.2, 0.25) is 11.8 Å². The number of carbonyl (C=O) groups is 3. The topological polar surface area (TPSA) is 105 Å². The van der Waals surface area contributed by atoms with Gasteiger partial charge in [-0.25, -0.2) is 0 Å². The van der Waals surface area contributed by atoms with E-state index in [4.69, 9.17) is 5.73 Å². The highest BCUT2D eigenvalue weighted by Gasteiger charge is 2.22. The number of halogens is 1. The van der Waals surface area contributed by atoms with Crippen LogP contribution in [0.2, 0.25) is 0 Å². The van der Waals surface area contributed by atoms with Crippen LogP contribution in [0.3, 0.4) is 0 Å². The van der Waals surface area contributed by atoms with E-state index in [-0.39, 0.29) is 36.7 Å². The number of para-hydroxylation sites is 1. The fourth-order valence-corrected chi connectivity index (χ4v) is 2.83. The van der Waals surface area contributed by atoms with E-state index in [9.17, 15) is 14.4 Å². The number of piperidine rings is 1. The number of amides is 3. The minimum atomic E-state index is -0.657. The number of anilines is 1. The van der Waals surface area contributed by atoms with Crippen LogP contribution in [-0.2, 0) is 9.59 Å². The Morgan fingerprint density at radius 1 is 1.11 bits per heavy atom. The van der Waals surface area contributed by atoms with E-state index in [2.05, 4.69) is 10.6 Å². The molecule has 0 saturated carbocycles. The minimum absolute atomic E-state index is 0. The maximum Gasteiger partial charge on any atom is 0.255 e. The highest BCUT2D eigenvalue weighted by Crippen LogP contribution is 2.19. The molecule has 150 valence electrons. The lowest BCUT2D eigenvalue weighted by molar-refractivity contribution is -0.125. The molecule has 0 radical (unpaired) electrons. The van der Waals surface area contributed by atoms with Gasteiger partial charge in [-0.1, -0.05) is 26.0 Å². The molecule has 0 aromatic heterocycles. The van der Waals surface area contributed by atoms with Crippen LogP contribution in [0, 0.1) is 5.92 Å². The van der Waals surface area contributed by atoms with Crippen LogP contribution in [0.15, 0.2) is 24.3 Å². The van der Waals surface area contributed by atoms with Crippen LogP contribution in [0.5, 0.6) is 0 Å². The molecule has 8 heteroatoms. The Labute approximate surface area is 166 Å². The van der Waals surface area contributed by atoms with Crippen molar-refractivity contribution in [3.8, 4) is 0 Å². The number of nitrogens with two attached hydrogens (primary N) is 1. The number of benzene rings is 1. The van der Waals surface area contributed by atoms with Crippen molar-refractivity contribution in [2.45, 2.75) is 39.2 Å². The quantitative estimate of drug-likeness (QED) is 0.681. The second kappa shape index (κ2) is 10.9. The third-order valence-corrected chi connectivity index (χ3v) is 4.52. The summed E-state index contributed by atoms with van der Waals surface area (Å²) in [5, 5.41) is 5.24. The molecule has 2 rings (SSSR count). The van der Waals surface area contributed by atoms with Crippen LogP contribution in [-0.4, -0.2) is 48.3 Å². The van der Waals surface area contributed by atoms with Gasteiger partial charge in [0.05, 0.1) is 23.8 Å². The van der Waals surface area contributed by atoms with Gasteiger partial charge in [-0.15, -0.1) is 12.4 Å². The molecule has 0 bridgehead atoms. The average Bonchev–Trinajstić information content (AvgIpc) is 2.66. The monoisotopic (exact) mass is 396 g/mol. The Balaban J connectivity index is 0.00000364. The highest BCUT2D eigenvalue weighted by molar-refractivity contribution is 6.04. The Hall–Kier alpha value is -2.12. The number of rotatable bonds is 6. The van der Waals surface area contributed by atoms with E-state index in [0.29, 0.717) is 11.3 Å². The van der Waals surface area contributed by atoms with E-state index in [1.54, 1.807) is 24.3 Å². The predicted octanol–water partition coefficient (Wildman–Crippen LogP) is 1.77. The lowest BCUT2D eigenvalue weighted by atomic mass is 10.1. The first-order chi connectivity index (χ1) is 12.4. The number of carbonyl (C=O) groups excluding carboxylic acids is 3. The summed E-state index contributed by atoms with van der Waals surface area (Å²) in [5.41, 5.74) is 6.67. The van der Waals surface area contributed by atoms with Crippen molar-refractivity contribution in [3.63, 3.8) is 0 Å². The van der Waals surface area contributed by atoms with Gasteiger partial charge in [-0.2, -0.15) is 0 Å². The lowest BCUT2D eigenvalue weighted by Crippen LogP contribution is -2.46. The van der Waals surface area contributed by atoms with Gasteiger partial charge in [0, 0.05) is 13.1 Å². The van der Waals surface area contributed by atoms with Crippen molar-refractivity contribution in [1.29, 1.82) is 0 Å². The first kappa shape index (κ1) is 22.9. The Morgan fingerprint density at radius 2 is 1.74 bits per heavy atom. The minimum Gasteiger partial charge on any atom is -0.346 e. The van der Waals surface area contributed by atoms with Crippen molar-refractivity contribution >= 4 is 35.8 Å². The molecule has 1 heterocycles. The van der Waals surface area contributed by atoms with Crippen molar-refractivity contribution < 1.29 is 14.4 Å². The summed E-state index contributed by atoms with van der Waals surface area (Å²) < 4.78 is 0. The van der Waals surface area contributed by atoms with Gasteiger partial charge >= 0.3 is 0 Å². The third kappa shape index (κ3) is 6.52. The van der Waals surface area contributed by atoms with E-state index in [0.717, 1.165) is 32.4 Å². The largest absolute Gasteiger partial charge is 0.346 e. The molecule has 1 aliphatic rings. The van der Waals surface area contributed by atoms with E-state index < -0.39 is 11.9 Å². The van der Waals surface area contributed by atoms with Gasteiger partial charge in [-0.3, -0.25) is 14.4 Å². The van der Waals surface area contributed by atoms with Crippen LogP contribution >= 0.6 is 12.4 Å². The number of hydrogen-bond acceptors (Lipinski definition) is 4. The highest BCUT2D eigenvalue weighted by atomic mass is 35.5. The summed E-state index contributed by atoms with van der Waals surface area (Å²) in [7, 11) is 0. The molecule has 3 amide bonds. The fraction of sp³-hybridized carbons (Fsp3) is 0.526. The summed E-state index contributed by atoms with van der Waals surface area (Å²) in [6.07, 6.45) is 3.14. The zero-order chi connectivity index (χ0) is 19.1. The van der Waals surface area contributed by atoms with Gasteiger partial charge < -0.3 is 21.3 Å². The lowest BCUT2D eigenvalue weighted by Gasteiger charge is -2.27. The third-order valence-electron chi connectivity index (χ3n) is 4.52. The van der Waals surface area contributed by atoms with Crippen LogP contribution in [0.1, 0.15) is 43.5 Å².